The fraction of sp³-hybridized carbons (Fsp3) is 0.769. The van der Waals surface area contributed by atoms with Crippen molar-refractivity contribution in [3.8, 4) is 0 Å². The van der Waals surface area contributed by atoms with Crippen molar-refractivity contribution >= 4 is 5.97 Å². The van der Waals surface area contributed by atoms with Gasteiger partial charge in [-0.1, -0.05) is 13.8 Å². The SMILES string of the molecule is CC(=O)OCC=C(C)C1CCC(C)(C)CO1. The summed E-state index contributed by atoms with van der Waals surface area (Å²) in [6, 6.07) is 0. The summed E-state index contributed by atoms with van der Waals surface area (Å²) >= 11 is 0. The largest absolute Gasteiger partial charge is 0.462 e. The van der Waals surface area contributed by atoms with Gasteiger partial charge in [-0.15, -0.1) is 0 Å². The molecule has 0 aromatic heterocycles. The van der Waals surface area contributed by atoms with Gasteiger partial charge in [0.25, 0.3) is 0 Å². The van der Waals surface area contributed by atoms with E-state index in [1.54, 1.807) is 0 Å². The van der Waals surface area contributed by atoms with Crippen LogP contribution in [0.3, 0.4) is 0 Å². The third-order valence-electron chi connectivity index (χ3n) is 2.96. The molecule has 1 unspecified atom stereocenters. The lowest BCUT2D eigenvalue weighted by Gasteiger charge is -2.35. The second-order valence-electron chi connectivity index (χ2n) is 5.25. The molecule has 1 atom stereocenters. The molecule has 0 amide bonds. The second-order valence-corrected chi connectivity index (χ2v) is 5.25. The Morgan fingerprint density at radius 2 is 2.19 bits per heavy atom. The summed E-state index contributed by atoms with van der Waals surface area (Å²) in [5, 5.41) is 0. The number of rotatable bonds is 3. The Hall–Kier alpha value is -0.830. The van der Waals surface area contributed by atoms with Crippen molar-refractivity contribution in [2.24, 2.45) is 5.41 Å². The molecule has 0 aromatic carbocycles. The zero-order valence-corrected chi connectivity index (χ0v) is 10.7. The maximum absolute atomic E-state index is 10.6. The molecule has 1 heterocycles. The van der Waals surface area contributed by atoms with Gasteiger partial charge in [0.05, 0.1) is 12.7 Å². The van der Waals surface area contributed by atoms with E-state index in [0.29, 0.717) is 12.0 Å². The minimum absolute atomic E-state index is 0.198. The van der Waals surface area contributed by atoms with Gasteiger partial charge in [-0.25, -0.2) is 0 Å². The first-order valence-corrected chi connectivity index (χ1v) is 5.82. The summed E-state index contributed by atoms with van der Waals surface area (Å²) in [6.07, 6.45) is 4.36. The molecule has 0 radical (unpaired) electrons. The van der Waals surface area contributed by atoms with Crippen LogP contribution in [0.2, 0.25) is 0 Å². The number of esters is 1. The molecule has 1 rings (SSSR count). The highest BCUT2D eigenvalue weighted by atomic mass is 16.5. The molecule has 0 saturated carbocycles. The first kappa shape index (κ1) is 13.2. The Morgan fingerprint density at radius 3 is 2.69 bits per heavy atom. The second kappa shape index (κ2) is 5.48. The van der Waals surface area contributed by atoms with E-state index < -0.39 is 0 Å². The van der Waals surface area contributed by atoms with Gasteiger partial charge in [0.15, 0.2) is 0 Å². The van der Waals surface area contributed by atoms with Gasteiger partial charge in [0.1, 0.15) is 6.61 Å². The molecular formula is C13H22O3. The molecule has 0 spiro atoms. The molecule has 0 aromatic rings. The lowest BCUT2D eigenvalue weighted by atomic mass is 9.84. The minimum atomic E-state index is -0.241. The van der Waals surface area contributed by atoms with E-state index in [1.807, 2.05) is 13.0 Å². The summed E-state index contributed by atoms with van der Waals surface area (Å²) in [4.78, 5) is 10.6. The van der Waals surface area contributed by atoms with Gasteiger partial charge < -0.3 is 9.47 Å². The van der Waals surface area contributed by atoms with Crippen LogP contribution in [0, 0.1) is 5.41 Å². The minimum Gasteiger partial charge on any atom is -0.462 e. The number of hydrogen-bond donors (Lipinski definition) is 0. The molecule has 1 aliphatic rings. The van der Waals surface area contributed by atoms with Crippen LogP contribution >= 0.6 is 0 Å². The molecule has 1 saturated heterocycles. The number of hydrogen-bond acceptors (Lipinski definition) is 3. The van der Waals surface area contributed by atoms with Gasteiger partial charge >= 0.3 is 5.97 Å². The quantitative estimate of drug-likeness (QED) is 0.548. The lowest BCUT2D eigenvalue weighted by Crippen LogP contribution is -2.32. The van der Waals surface area contributed by atoms with Crippen LogP contribution in [-0.4, -0.2) is 25.3 Å². The third-order valence-corrected chi connectivity index (χ3v) is 2.96. The normalized spacial score (nSPS) is 25.2. The highest BCUT2D eigenvalue weighted by Gasteiger charge is 2.27. The van der Waals surface area contributed by atoms with Gasteiger partial charge in [0, 0.05) is 6.92 Å². The van der Waals surface area contributed by atoms with Crippen molar-refractivity contribution in [3.05, 3.63) is 11.6 Å². The van der Waals surface area contributed by atoms with E-state index in [0.717, 1.165) is 18.6 Å². The topological polar surface area (TPSA) is 35.5 Å². The van der Waals surface area contributed by atoms with Crippen molar-refractivity contribution in [1.82, 2.24) is 0 Å². The highest BCUT2D eigenvalue weighted by molar-refractivity contribution is 5.66. The van der Waals surface area contributed by atoms with E-state index >= 15 is 0 Å². The monoisotopic (exact) mass is 226 g/mol. The third kappa shape index (κ3) is 4.35. The van der Waals surface area contributed by atoms with Crippen LogP contribution in [0.5, 0.6) is 0 Å². The summed E-state index contributed by atoms with van der Waals surface area (Å²) in [5.74, 6) is -0.241. The van der Waals surface area contributed by atoms with Crippen molar-refractivity contribution < 1.29 is 14.3 Å². The molecule has 92 valence electrons. The van der Waals surface area contributed by atoms with E-state index in [-0.39, 0.29) is 12.1 Å². The van der Waals surface area contributed by atoms with Crippen LogP contribution in [0.1, 0.15) is 40.5 Å². The standard InChI is InChI=1S/C13H22O3/c1-10(6-8-15-11(2)14)12-5-7-13(3,4)9-16-12/h6,12H,5,7-9H2,1-4H3. The van der Waals surface area contributed by atoms with Gasteiger partial charge in [0.2, 0.25) is 0 Å². The molecular weight excluding hydrogens is 204 g/mol. The van der Waals surface area contributed by atoms with Gasteiger partial charge in [-0.3, -0.25) is 4.79 Å². The van der Waals surface area contributed by atoms with E-state index in [9.17, 15) is 4.79 Å². The fourth-order valence-corrected chi connectivity index (χ4v) is 1.78. The van der Waals surface area contributed by atoms with E-state index in [4.69, 9.17) is 9.47 Å². The van der Waals surface area contributed by atoms with Crippen LogP contribution < -0.4 is 0 Å². The van der Waals surface area contributed by atoms with Crippen molar-refractivity contribution in [1.29, 1.82) is 0 Å². The Morgan fingerprint density at radius 1 is 1.50 bits per heavy atom. The molecule has 1 aliphatic heterocycles. The molecule has 0 bridgehead atoms. The Kier molecular flexibility index (Phi) is 4.54. The van der Waals surface area contributed by atoms with E-state index in [1.165, 1.54) is 13.3 Å². The van der Waals surface area contributed by atoms with E-state index in [2.05, 4.69) is 13.8 Å². The van der Waals surface area contributed by atoms with Crippen molar-refractivity contribution in [2.75, 3.05) is 13.2 Å². The molecule has 0 aliphatic carbocycles. The van der Waals surface area contributed by atoms with Crippen LogP contribution in [-0.2, 0) is 14.3 Å². The number of carbonyl (C=O) groups is 1. The maximum Gasteiger partial charge on any atom is 0.302 e. The highest BCUT2D eigenvalue weighted by Crippen LogP contribution is 2.32. The predicted octanol–water partition coefficient (Wildman–Crippen LogP) is 2.70. The molecule has 1 fully saturated rings. The first-order valence-electron chi connectivity index (χ1n) is 5.82. The average Bonchev–Trinajstić information content (AvgIpc) is 2.16. The summed E-state index contributed by atoms with van der Waals surface area (Å²) in [6.45, 7) is 9.05. The fourth-order valence-electron chi connectivity index (χ4n) is 1.78. The van der Waals surface area contributed by atoms with Crippen LogP contribution in [0.15, 0.2) is 11.6 Å². The van der Waals surface area contributed by atoms with Crippen molar-refractivity contribution in [2.45, 2.75) is 46.6 Å². The Bertz CT molecular complexity index is 269. The van der Waals surface area contributed by atoms with Crippen LogP contribution in [0.4, 0.5) is 0 Å². The van der Waals surface area contributed by atoms with Gasteiger partial charge in [-0.05, 0) is 36.8 Å². The van der Waals surface area contributed by atoms with Gasteiger partial charge in [-0.2, -0.15) is 0 Å². The predicted molar refractivity (Wildman–Crippen MR) is 63.1 cm³/mol. The molecule has 16 heavy (non-hydrogen) atoms. The smallest absolute Gasteiger partial charge is 0.302 e. The molecule has 3 heteroatoms. The maximum atomic E-state index is 10.6. The zero-order valence-electron chi connectivity index (χ0n) is 10.7. The number of carbonyl (C=O) groups excluding carboxylic acids is 1. The summed E-state index contributed by atoms with van der Waals surface area (Å²) < 4.78 is 10.7. The Labute approximate surface area is 97.8 Å². The summed E-state index contributed by atoms with van der Waals surface area (Å²) in [7, 11) is 0. The first-order chi connectivity index (χ1) is 7.41. The Balaban J connectivity index is 2.38. The number of ether oxygens (including phenoxy) is 2. The lowest BCUT2D eigenvalue weighted by molar-refractivity contribution is -0.139. The zero-order chi connectivity index (χ0) is 12.2. The van der Waals surface area contributed by atoms with Crippen molar-refractivity contribution in [3.63, 3.8) is 0 Å². The average molecular weight is 226 g/mol. The molecule has 3 nitrogen and oxygen atoms in total. The van der Waals surface area contributed by atoms with Crippen LogP contribution in [0.25, 0.3) is 0 Å². The molecule has 0 N–H and O–H groups in total. The summed E-state index contributed by atoms with van der Waals surface area (Å²) in [5.41, 5.74) is 1.46.